The van der Waals surface area contributed by atoms with Crippen molar-refractivity contribution in [2.45, 2.75) is 25.7 Å². The first kappa shape index (κ1) is 13.4. The van der Waals surface area contributed by atoms with Crippen LogP contribution in [-0.4, -0.2) is 36.4 Å². The largest absolute Gasteiger partial charge is 0.385 e. The fourth-order valence-corrected chi connectivity index (χ4v) is 3.76. The Balaban J connectivity index is 1.60. The Hall–Kier alpha value is -1.58. The fourth-order valence-electron chi connectivity index (χ4n) is 3.76. The summed E-state index contributed by atoms with van der Waals surface area (Å²) in [4.78, 5) is 17.6. The van der Waals surface area contributed by atoms with E-state index in [0.29, 0.717) is 5.69 Å². The van der Waals surface area contributed by atoms with Crippen molar-refractivity contribution in [2.75, 3.05) is 26.0 Å². The summed E-state index contributed by atoms with van der Waals surface area (Å²) in [7, 11) is 3.50. The van der Waals surface area contributed by atoms with Gasteiger partial charge in [0.1, 0.15) is 5.69 Å². The molecule has 1 aromatic heterocycles. The maximum Gasteiger partial charge on any atom is 0.272 e. The lowest BCUT2D eigenvalue weighted by molar-refractivity contribution is 0.0822. The number of carbonyl (C=O) groups is 1. The molecule has 0 aliphatic heterocycles. The number of pyridine rings is 1. The third-order valence-corrected chi connectivity index (χ3v) is 4.84. The number of anilines is 1. The molecule has 1 N–H and O–H groups in total. The molecule has 3 unspecified atom stereocenters. The molecule has 2 fully saturated rings. The molecular formula is C16H23N3O. The van der Waals surface area contributed by atoms with E-state index in [1.807, 2.05) is 12.1 Å². The molecule has 1 aromatic rings. The second-order valence-corrected chi connectivity index (χ2v) is 6.45. The van der Waals surface area contributed by atoms with Crippen molar-refractivity contribution in [1.29, 1.82) is 0 Å². The van der Waals surface area contributed by atoms with Crippen LogP contribution >= 0.6 is 0 Å². The van der Waals surface area contributed by atoms with Crippen LogP contribution < -0.4 is 5.32 Å². The van der Waals surface area contributed by atoms with E-state index >= 15 is 0 Å². The number of carbonyl (C=O) groups excluding carboxylic acids is 1. The highest BCUT2D eigenvalue weighted by Crippen LogP contribution is 2.48. The van der Waals surface area contributed by atoms with Crippen LogP contribution in [-0.2, 0) is 0 Å². The van der Waals surface area contributed by atoms with E-state index in [0.717, 1.165) is 30.0 Å². The van der Waals surface area contributed by atoms with Gasteiger partial charge in [0, 0.05) is 32.5 Å². The second-order valence-electron chi connectivity index (χ2n) is 6.45. The van der Waals surface area contributed by atoms with Gasteiger partial charge in [0.05, 0.1) is 0 Å². The third kappa shape index (κ3) is 2.65. The van der Waals surface area contributed by atoms with Crippen molar-refractivity contribution in [3.05, 3.63) is 24.0 Å². The van der Waals surface area contributed by atoms with Crippen LogP contribution in [0.2, 0.25) is 0 Å². The van der Waals surface area contributed by atoms with E-state index < -0.39 is 0 Å². The van der Waals surface area contributed by atoms with Gasteiger partial charge in [-0.2, -0.15) is 0 Å². The first-order valence-electron chi connectivity index (χ1n) is 7.55. The number of amides is 1. The number of fused-ring (bicyclic) bond motifs is 2. The van der Waals surface area contributed by atoms with Gasteiger partial charge in [-0.15, -0.1) is 0 Å². The molecule has 1 amide bonds. The van der Waals surface area contributed by atoms with E-state index in [-0.39, 0.29) is 5.91 Å². The van der Waals surface area contributed by atoms with Crippen molar-refractivity contribution >= 4 is 11.6 Å². The first-order valence-corrected chi connectivity index (χ1v) is 7.55. The molecule has 0 radical (unpaired) electrons. The number of aromatic nitrogens is 1. The van der Waals surface area contributed by atoms with Crippen LogP contribution in [0.3, 0.4) is 0 Å². The van der Waals surface area contributed by atoms with Crippen LogP contribution in [0.1, 0.15) is 36.2 Å². The highest BCUT2D eigenvalue weighted by atomic mass is 16.2. The zero-order valence-electron chi connectivity index (χ0n) is 12.3. The zero-order chi connectivity index (χ0) is 14.1. The zero-order valence-corrected chi connectivity index (χ0v) is 12.3. The number of nitrogens with one attached hydrogen (secondary N) is 1. The van der Waals surface area contributed by atoms with Crippen molar-refractivity contribution in [2.24, 2.45) is 17.8 Å². The Morgan fingerprint density at radius 3 is 2.90 bits per heavy atom. The van der Waals surface area contributed by atoms with E-state index in [9.17, 15) is 4.79 Å². The van der Waals surface area contributed by atoms with Crippen LogP contribution in [0.5, 0.6) is 0 Å². The molecular weight excluding hydrogens is 250 g/mol. The van der Waals surface area contributed by atoms with Crippen molar-refractivity contribution in [1.82, 2.24) is 9.88 Å². The summed E-state index contributed by atoms with van der Waals surface area (Å²) in [6, 6.07) is 3.80. The third-order valence-electron chi connectivity index (χ3n) is 4.84. The molecule has 4 heteroatoms. The van der Waals surface area contributed by atoms with Gasteiger partial charge >= 0.3 is 0 Å². The standard InChI is InChI=1S/C16H23N3O/c1-19(2)16(20)15-9-14(5-6-17-15)18-10-13-8-11-3-4-12(13)7-11/h5-6,9,11-13H,3-4,7-8,10H2,1-2H3,(H,17,18). The summed E-state index contributed by atoms with van der Waals surface area (Å²) in [5, 5.41) is 3.49. The molecule has 3 rings (SSSR count). The Bertz CT molecular complexity index is 500. The Labute approximate surface area is 120 Å². The highest BCUT2D eigenvalue weighted by molar-refractivity contribution is 5.92. The molecule has 2 bridgehead atoms. The molecule has 0 saturated heterocycles. The van der Waals surface area contributed by atoms with Gasteiger partial charge in [-0.05, 0) is 49.1 Å². The molecule has 2 aliphatic carbocycles. The quantitative estimate of drug-likeness (QED) is 0.917. The van der Waals surface area contributed by atoms with Crippen LogP contribution in [0.15, 0.2) is 18.3 Å². The maximum atomic E-state index is 11.9. The van der Waals surface area contributed by atoms with Crippen molar-refractivity contribution < 1.29 is 4.79 Å². The van der Waals surface area contributed by atoms with E-state index in [2.05, 4.69) is 10.3 Å². The first-order chi connectivity index (χ1) is 9.63. The molecule has 2 aliphatic rings. The molecule has 1 heterocycles. The van der Waals surface area contributed by atoms with E-state index in [4.69, 9.17) is 0 Å². The van der Waals surface area contributed by atoms with Gasteiger partial charge in [-0.1, -0.05) is 6.42 Å². The topological polar surface area (TPSA) is 45.2 Å². The maximum absolute atomic E-state index is 11.9. The monoisotopic (exact) mass is 273 g/mol. The average Bonchev–Trinajstić information content (AvgIpc) is 3.07. The predicted molar refractivity (Wildman–Crippen MR) is 79.7 cm³/mol. The van der Waals surface area contributed by atoms with Gasteiger partial charge < -0.3 is 10.2 Å². The van der Waals surface area contributed by atoms with Crippen molar-refractivity contribution in [3.8, 4) is 0 Å². The Morgan fingerprint density at radius 2 is 2.25 bits per heavy atom. The van der Waals surface area contributed by atoms with Gasteiger partial charge in [-0.25, -0.2) is 0 Å². The summed E-state index contributed by atoms with van der Waals surface area (Å²) in [5.41, 5.74) is 1.51. The normalized spacial score (nSPS) is 27.6. The van der Waals surface area contributed by atoms with Gasteiger partial charge in [0.2, 0.25) is 0 Å². The summed E-state index contributed by atoms with van der Waals surface area (Å²) >= 11 is 0. The van der Waals surface area contributed by atoms with Crippen LogP contribution in [0.25, 0.3) is 0 Å². The fraction of sp³-hybridized carbons (Fsp3) is 0.625. The lowest BCUT2D eigenvalue weighted by Crippen LogP contribution is -2.23. The molecule has 20 heavy (non-hydrogen) atoms. The lowest BCUT2D eigenvalue weighted by Gasteiger charge is -2.22. The van der Waals surface area contributed by atoms with Crippen LogP contribution in [0, 0.1) is 17.8 Å². The van der Waals surface area contributed by atoms with E-state index in [1.165, 1.54) is 25.7 Å². The smallest absolute Gasteiger partial charge is 0.272 e. The van der Waals surface area contributed by atoms with Gasteiger partial charge in [-0.3, -0.25) is 9.78 Å². The number of rotatable bonds is 4. The number of hydrogen-bond acceptors (Lipinski definition) is 3. The Kier molecular flexibility index (Phi) is 3.64. The molecule has 0 aromatic carbocycles. The summed E-state index contributed by atoms with van der Waals surface area (Å²) < 4.78 is 0. The summed E-state index contributed by atoms with van der Waals surface area (Å²) in [6.07, 6.45) is 7.38. The minimum Gasteiger partial charge on any atom is -0.385 e. The average molecular weight is 273 g/mol. The van der Waals surface area contributed by atoms with Crippen molar-refractivity contribution in [3.63, 3.8) is 0 Å². The second kappa shape index (κ2) is 5.43. The van der Waals surface area contributed by atoms with Crippen LogP contribution in [0.4, 0.5) is 5.69 Å². The molecule has 2 saturated carbocycles. The van der Waals surface area contributed by atoms with E-state index in [1.54, 1.807) is 25.2 Å². The van der Waals surface area contributed by atoms with Gasteiger partial charge in [0.15, 0.2) is 0 Å². The van der Waals surface area contributed by atoms with Gasteiger partial charge in [0.25, 0.3) is 5.91 Å². The molecule has 4 nitrogen and oxygen atoms in total. The Morgan fingerprint density at radius 1 is 1.40 bits per heavy atom. The number of hydrogen-bond donors (Lipinski definition) is 1. The molecule has 108 valence electrons. The SMILES string of the molecule is CN(C)C(=O)c1cc(NCC2CC3CCC2C3)ccn1. The summed E-state index contributed by atoms with van der Waals surface area (Å²) in [6.45, 7) is 1.03. The lowest BCUT2D eigenvalue weighted by atomic mass is 9.89. The number of nitrogens with zero attached hydrogens (tertiary/aromatic N) is 2. The predicted octanol–water partition coefficient (Wildman–Crippen LogP) is 2.63. The minimum absolute atomic E-state index is 0.0476. The molecule has 3 atom stereocenters. The summed E-state index contributed by atoms with van der Waals surface area (Å²) in [5.74, 6) is 2.68. The minimum atomic E-state index is -0.0476. The highest BCUT2D eigenvalue weighted by Gasteiger charge is 2.38. The molecule has 0 spiro atoms.